The van der Waals surface area contributed by atoms with E-state index >= 15 is 0 Å². The topological polar surface area (TPSA) is 114 Å². The van der Waals surface area contributed by atoms with Crippen molar-refractivity contribution in [2.45, 2.75) is 13.2 Å². The molecule has 3 aromatic rings. The van der Waals surface area contributed by atoms with Crippen LogP contribution in [0.4, 0.5) is 0 Å². The average molecular weight is 390 g/mol. The van der Waals surface area contributed by atoms with Gasteiger partial charge in [-0.3, -0.25) is 0 Å². The van der Waals surface area contributed by atoms with Crippen LogP contribution in [0, 0.1) is 45.3 Å². The highest BCUT2D eigenvalue weighted by molar-refractivity contribution is 5.50. The molecule has 6 heteroatoms. The molecule has 0 aliphatic carbocycles. The Morgan fingerprint density at radius 3 is 1.30 bits per heavy atom. The molecule has 0 amide bonds. The first kappa shape index (κ1) is 20.0. The fraction of sp³-hybridized carbons (Fsp3) is 0.0833. The van der Waals surface area contributed by atoms with E-state index in [-0.39, 0.29) is 24.3 Å². The molecule has 0 fully saturated rings. The minimum atomic E-state index is 0.257. The molecule has 0 spiro atoms. The van der Waals surface area contributed by atoms with Gasteiger partial charge in [-0.1, -0.05) is 24.3 Å². The Morgan fingerprint density at radius 1 is 0.533 bits per heavy atom. The maximum Gasteiger partial charge on any atom is 0.121 e. The molecule has 0 unspecified atom stereocenters. The molecule has 0 atom stereocenters. The number of ether oxygens (including phenoxy) is 2. The predicted molar refractivity (Wildman–Crippen MR) is 107 cm³/mol. The molecule has 3 rings (SSSR count). The molecule has 0 aliphatic heterocycles. The van der Waals surface area contributed by atoms with Gasteiger partial charge in [0.25, 0.3) is 0 Å². The summed E-state index contributed by atoms with van der Waals surface area (Å²) in [5.74, 6) is 0.985. The first-order valence-electron chi connectivity index (χ1n) is 8.89. The van der Waals surface area contributed by atoms with Crippen molar-refractivity contribution < 1.29 is 9.47 Å². The van der Waals surface area contributed by atoms with Crippen LogP contribution >= 0.6 is 0 Å². The van der Waals surface area contributed by atoms with E-state index in [4.69, 9.17) is 30.5 Å². The second-order valence-corrected chi connectivity index (χ2v) is 6.21. The highest BCUT2D eigenvalue weighted by atomic mass is 16.5. The summed E-state index contributed by atoms with van der Waals surface area (Å²) in [6.07, 6.45) is 0. The van der Waals surface area contributed by atoms with Gasteiger partial charge in [-0.15, -0.1) is 0 Å². The Hall–Kier alpha value is -4.78. The monoisotopic (exact) mass is 390 g/mol. The van der Waals surface area contributed by atoms with Gasteiger partial charge < -0.3 is 9.47 Å². The summed E-state index contributed by atoms with van der Waals surface area (Å²) in [5, 5.41) is 36.3. The predicted octanol–water partition coefficient (Wildman–Crippen LogP) is 4.33. The third-order valence-electron chi connectivity index (χ3n) is 4.37. The van der Waals surface area contributed by atoms with E-state index in [1.807, 2.05) is 48.5 Å². The van der Waals surface area contributed by atoms with E-state index in [2.05, 4.69) is 0 Å². The average Bonchev–Trinajstić information content (AvgIpc) is 2.81. The van der Waals surface area contributed by atoms with E-state index in [0.717, 1.165) is 11.1 Å². The van der Waals surface area contributed by atoms with Crippen molar-refractivity contribution in [1.82, 2.24) is 0 Å². The van der Waals surface area contributed by atoms with Crippen molar-refractivity contribution in [3.63, 3.8) is 0 Å². The van der Waals surface area contributed by atoms with Crippen LogP contribution in [0.1, 0.15) is 33.4 Å². The van der Waals surface area contributed by atoms with Crippen LogP contribution in [-0.4, -0.2) is 0 Å². The van der Waals surface area contributed by atoms with Crippen LogP contribution in [0.5, 0.6) is 11.5 Å². The number of hydrogen-bond donors (Lipinski definition) is 0. The SMILES string of the molecule is N#Cc1ccc(OCc2ccccc2COc2ccc(C#N)c(C#N)c2)cc1C#N. The van der Waals surface area contributed by atoms with Crippen molar-refractivity contribution in [2.24, 2.45) is 0 Å². The lowest BCUT2D eigenvalue weighted by Gasteiger charge is -2.13. The molecule has 6 nitrogen and oxygen atoms in total. The van der Waals surface area contributed by atoms with Gasteiger partial charge in [-0.25, -0.2) is 0 Å². The third-order valence-corrected chi connectivity index (χ3v) is 4.37. The number of nitriles is 4. The van der Waals surface area contributed by atoms with Crippen LogP contribution in [0.15, 0.2) is 60.7 Å². The molecule has 0 aliphatic rings. The smallest absolute Gasteiger partial charge is 0.121 e. The minimum absolute atomic E-state index is 0.257. The van der Waals surface area contributed by atoms with Gasteiger partial charge in [-0.05, 0) is 47.5 Å². The molecule has 0 saturated heterocycles. The van der Waals surface area contributed by atoms with E-state index in [1.165, 1.54) is 12.1 Å². The maximum atomic E-state index is 9.14. The third kappa shape index (κ3) is 4.55. The quantitative estimate of drug-likeness (QED) is 0.619. The van der Waals surface area contributed by atoms with E-state index in [0.29, 0.717) is 22.6 Å². The lowest BCUT2D eigenvalue weighted by Crippen LogP contribution is -2.04. The summed E-state index contributed by atoms with van der Waals surface area (Å²) in [6, 6.07) is 25.0. The lowest BCUT2D eigenvalue weighted by atomic mass is 10.1. The van der Waals surface area contributed by atoms with Crippen LogP contribution in [0.2, 0.25) is 0 Å². The van der Waals surface area contributed by atoms with Crippen LogP contribution < -0.4 is 9.47 Å². The standard InChI is InChI=1S/C24H14N4O2/c25-11-17-5-7-23(9-21(17)13-27)29-15-19-3-1-2-4-20(19)16-30-24-8-6-18(12-26)22(10-24)14-28/h1-10H,15-16H2. The Labute approximate surface area is 174 Å². The van der Waals surface area contributed by atoms with Crippen LogP contribution in [0.3, 0.4) is 0 Å². The molecular weight excluding hydrogens is 376 g/mol. The van der Waals surface area contributed by atoms with Crippen molar-refractivity contribution in [3.05, 3.63) is 94.0 Å². The van der Waals surface area contributed by atoms with Gasteiger partial charge in [0.05, 0.1) is 22.3 Å². The Kier molecular flexibility index (Phi) is 6.27. The lowest BCUT2D eigenvalue weighted by molar-refractivity contribution is 0.285. The molecule has 142 valence electrons. The second kappa shape index (κ2) is 9.43. The van der Waals surface area contributed by atoms with Gasteiger partial charge >= 0.3 is 0 Å². The van der Waals surface area contributed by atoms with Gasteiger partial charge in [0.15, 0.2) is 0 Å². The van der Waals surface area contributed by atoms with Crippen molar-refractivity contribution >= 4 is 0 Å². The van der Waals surface area contributed by atoms with Gasteiger partial charge in [0, 0.05) is 0 Å². The van der Waals surface area contributed by atoms with Crippen LogP contribution in [0.25, 0.3) is 0 Å². The van der Waals surface area contributed by atoms with Crippen molar-refractivity contribution in [1.29, 1.82) is 21.0 Å². The van der Waals surface area contributed by atoms with Crippen molar-refractivity contribution in [2.75, 3.05) is 0 Å². The summed E-state index contributed by atoms with van der Waals surface area (Å²) in [6.45, 7) is 0.514. The van der Waals surface area contributed by atoms with E-state index < -0.39 is 0 Å². The summed E-state index contributed by atoms with van der Waals surface area (Å²) in [7, 11) is 0. The number of nitrogens with zero attached hydrogens (tertiary/aromatic N) is 4. The molecule has 0 N–H and O–H groups in total. The van der Waals surface area contributed by atoms with Crippen molar-refractivity contribution in [3.8, 4) is 35.8 Å². The van der Waals surface area contributed by atoms with Gasteiger partial charge in [0.1, 0.15) is 49.0 Å². The second-order valence-electron chi connectivity index (χ2n) is 6.21. The Morgan fingerprint density at radius 2 is 0.933 bits per heavy atom. The molecule has 3 aromatic carbocycles. The van der Waals surface area contributed by atoms with E-state index in [1.54, 1.807) is 24.3 Å². The molecule has 0 bridgehead atoms. The summed E-state index contributed by atoms with van der Waals surface area (Å²) in [5.41, 5.74) is 2.93. The maximum absolute atomic E-state index is 9.14. The molecule has 0 aromatic heterocycles. The fourth-order valence-electron chi connectivity index (χ4n) is 2.77. The molecular formula is C24H14N4O2. The minimum Gasteiger partial charge on any atom is -0.489 e. The Balaban J connectivity index is 1.71. The number of benzene rings is 3. The molecule has 0 heterocycles. The number of rotatable bonds is 6. The molecule has 0 radical (unpaired) electrons. The summed E-state index contributed by atoms with van der Waals surface area (Å²) in [4.78, 5) is 0. The zero-order valence-electron chi connectivity index (χ0n) is 15.8. The first-order chi connectivity index (χ1) is 14.7. The number of hydrogen-bond acceptors (Lipinski definition) is 6. The summed E-state index contributed by atoms with van der Waals surface area (Å²) >= 11 is 0. The zero-order valence-corrected chi connectivity index (χ0v) is 15.8. The molecule has 30 heavy (non-hydrogen) atoms. The Bertz CT molecular complexity index is 1160. The summed E-state index contributed by atoms with van der Waals surface area (Å²) < 4.78 is 11.6. The first-order valence-corrected chi connectivity index (χ1v) is 8.89. The zero-order chi connectivity index (χ0) is 21.3. The van der Waals surface area contributed by atoms with Gasteiger partial charge in [-0.2, -0.15) is 21.0 Å². The largest absolute Gasteiger partial charge is 0.489 e. The van der Waals surface area contributed by atoms with Crippen LogP contribution in [-0.2, 0) is 13.2 Å². The van der Waals surface area contributed by atoms with E-state index in [9.17, 15) is 0 Å². The highest BCUT2D eigenvalue weighted by Gasteiger charge is 2.08. The van der Waals surface area contributed by atoms with Gasteiger partial charge in [0.2, 0.25) is 0 Å². The normalized spacial score (nSPS) is 9.47. The fourth-order valence-corrected chi connectivity index (χ4v) is 2.77. The highest BCUT2D eigenvalue weighted by Crippen LogP contribution is 2.21. The molecule has 0 saturated carbocycles.